The van der Waals surface area contributed by atoms with E-state index < -0.39 is 0 Å². The lowest BCUT2D eigenvalue weighted by molar-refractivity contribution is 0.190. The van der Waals surface area contributed by atoms with Crippen LogP contribution in [0.1, 0.15) is 23.6 Å². The van der Waals surface area contributed by atoms with Crippen molar-refractivity contribution in [2.75, 3.05) is 39.3 Å². The Balaban J connectivity index is 1.84. The highest BCUT2D eigenvalue weighted by molar-refractivity contribution is 5.31. The first-order valence-corrected chi connectivity index (χ1v) is 8.55. The molecule has 23 heavy (non-hydrogen) atoms. The Morgan fingerprint density at radius 2 is 1.39 bits per heavy atom. The van der Waals surface area contributed by atoms with Crippen LogP contribution in [0.2, 0.25) is 0 Å². The minimum absolute atomic E-state index is 0.251. The number of β-amino-alcohol motifs (C(OH)–C–C–N with tert-alkyl or cyclic N) is 1. The zero-order valence-electron chi connectivity index (χ0n) is 13.6. The maximum absolute atomic E-state index is 9.19. The molecule has 1 saturated heterocycles. The first kappa shape index (κ1) is 16.2. The second-order valence-electron chi connectivity index (χ2n) is 6.18. The Morgan fingerprint density at radius 1 is 0.783 bits per heavy atom. The molecule has 1 heterocycles. The van der Waals surface area contributed by atoms with E-state index in [0.29, 0.717) is 6.04 Å². The quantitative estimate of drug-likeness (QED) is 0.920. The second kappa shape index (κ2) is 8.25. The van der Waals surface area contributed by atoms with Gasteiger partial charge in [0, 0.05) is 26.2 Å². The Bertz CT molecular complexity index is 533. The molecule has 0 aliphatic carbocycles. The fourth-order valence-electron chi connectivity index (χ4n) is 3.50. The second-order valence-corrected chi connectivity index (χ2v) is 6.18. The fourth-order valence-corrected chi connectivity index (χ4v) is 3.50. The third kappa shape index (κ3) is 4.20. The minimum atomic E-state index is 0.251. The summed E-state index contributed by atoms with van der Waals surface area (Å²) in [6, 6.07) is 21.9. The fraction of sp³-hybridized carbons (Fsp3) is 0.400. The van der Waals surface area contributed by atoms with E-state index in [0.717, 1.165) is 39.1 Å². The third-order valence-corrected chi connectivity index (χ3v) is 4.64. The maximum Gasteiger partial charge on any atom is 0.0602 e. The van der Waals surface area contributed by atoms with E-state index in [-0.39, 0.29) is 6.61 Å². The molecule has 0 spiro atoms. The van der Waals surface area contributed by atoms with Crippen LogP contribution < -0.4 is 0 Å². The van der Waals surface area contributed by atoms with Gasteiger partial charge in [-0.15, -0.1) is 0 Å². The van der Waals surface area contributed by atoms with Gasteiger partial charge in [0.2, 0.25) is 0 Å². The number of aliphatic hydroxyl groups is 1. The van der Waals surface area contributed by atoms with Gasteiger partial charge in [-0.3, -0.25) is 9.80 Å². The van der Waals surface area contributed by atoms with E-state index in [1.165, 1.54) is 11.1 Å². The van der Waals surface area contributed by atoms with Crippen LogP contribution in [0.3, 0.4) is 0 Å². The molecule has 1 aliphatic heterocycles. The van der Waals surface area contributed by atoms with Crippen molar-refractivity contribution in [2.45, 2.75) is 12.5 Å². The van der Waals surface area contributed by atoms with Crippen molar-refractivity contribution in [2.24, 2.45) is 0 Å². The smallest absolute Gasteiger partial charge is 0.0602 e. The standard InChI is InChI=1S/C20H26N2O/c23-17-16-21-12-7-13-22(15-14-21)20(18-8-3-1-4-9-18)19-10-5-2-6-11-19/h1-6,8-11,20,23H,7,12-17H2. The average molecular weight is 310 g/mol. The van der Waals surface area contributed by atoms with Crippen molar-refractivity contribution < 1.29 is 5.11 Å². The highest BCUT2D eigenvalue weighted by atomic mass is 16.3. The lowest BCUT2D eigenvalue weighted by Crippen LogP contribution is -2.35. The van der Waals surface area contributed by atoms with Gasteiger partial charge in [0.25, 0.3) is 0 Å². The van der Waals surface area contributed by atoms with Crippen LogP contribution in [0, 0.1) is 0 Å². The predicted octanol–water partition coefficient (Wildman–Crippen LogP) is 2.78. The van der Waals surface area contributed by atoms with Crippen LogP contribution in [0.4, 0.5) is 0 Å². The topological polar surface area (TPSA) is 26.7 Å². The summed E-state index contributed by atoms with van der Waals surface area (Å²) in [6.45, 7) is 5.27. The van der Waals surface area contributed by atoms with E-state index in [1.807, 2.05) is 0 Å². The molecule has 0 unspecified atom stereocenters. The normalized spacial score (nSPS) is 17.3. The molecule has 0 atom stereocenters. The molecule has 3 nitrogen and oxygen atoms in total. The molecule has 0 radical (unpaired) electrons. The summed E-state index contributed by atoms with van der Waals surface area (Å²) in [5.41, 5.74) is 2.71. The minimum Gasteiger partial charge on any atom is -0.395 e. The van der Waals surface area contributed by atoms with Crippen LogP contribution in [-0.4, -0.2) is 54.2 Å². The van der Waals surface area contributed by atoms with Gasteiger partial charge in [0.05, 0.1) is 12.6 Å². The van der Waals surface area contributed by atoms with E-state index in [9.17, 15) is 5.11 Å². The van der Waals surface area contributed by atoms with Crippen molar-refractivity contribution in [1.82, 2.24) is 9.80 Å². The monoisotopic (exact) mass is 310 g/mol. The van der Waals surface area contributed by atoms with Crippen LogP contribution in [-0.2, 0) is 0 Å². The summed E-state index contributed by atoms with van der Waals surface area (Å²) < 4.78 is 0. The highest BCUT2D eigenvalue weighted by Gasteiger charge is 2.24. The number of hydrogen-bond donors (Lipinski definition) is 1. The van der Waals surface area contributed by atoms with Crippen molar-refractivity contribution >= 4 is 0 Å². The average Bonchev–Trinajstić information content (AvgIpc) is 2.83. The van der Waals surface area contributed by atoms with Gasteiger partial charge in [-0.1, -0.05) is 60.7 Å². The lowest BCUT2D eigenvalue weighted by Gasteiger charge is -2.31. The van der Waals surface area contributed by atoms with Crippen molar-refractivity contribution in [3.05, 3.63) is 71.8 Å². The first-order valence-electron chi connectivity index (χ1n) is 8.55. The Labute approximate surface area is 139 Å². The molecule has 122 valence electrons. The molecule has 2 aromatic carbocycles. The Morgan fingerprint density at radius 3 is 1.96 bits per heavy atom. The summed E-state index contributed by atoms with van der Waals surface area (Å²) in [7, 11) is 0. The maximum atomic E-state index is 9.19. The van der Waals surface area contributed by atoms with Crippen molar-refractivity contribution in [1.29, 1.82) is 0 Å². The molecule has 1 fully saturated rings. The molecule has 0 amide bonds. The van der Waals surface area contributed by atoms with Crippen molar-refractivity contribution in [3.63, 3.8) is 0 Å². The summed E-state index contributed by atoms with van der Waals surface area (Å²) in [4.78, 5) is 4.95. The molecular formula is C20H26N2O. The molecule has 3 rings (SSSR count). The zero-order chi connectivity index (χ0) is 15.9. The molecule has 2 aromatic rings. The number of aliphatic hydroxyl groups excluding tert-OH is 1. The van der Waals surface area contributed by atoms with E-state index >= 15 is 0 Å². The third-order valence-electron chi connectivity index (χ3n) is 4.64. The lowest BCUT2D eigenvalue weighted by atomic mass is 9.97. The van der Waals surface area contributed by atoms with Crippen LogP contribution >= 0.6 is 0 Å². The van der Waals surface area contributed by atoms with Crippen LogP contribution in [0.15, 0.2) is 60.7 Å². The van der Waals surface area contributed by atoms with Gasteiger partial charge in [-0.2, -0.15) is 0 Å². The molecule has 0 saturated carbocycles. The SMILES string of the molecule is OCCN1CCCN(C(c2ccccc2)c2ccccc2)CC1. The van der Waals surface area contributed by atoms with E-state index in [1.54, 1.807) is 0 Å². The van der Waals surface area contributed by atoms with Gasteiger partial charge in [0.15, 0.2) is 0 Å². The number of nitrogens with zero attached hydrogens (tertiary/aromatic N) is 2. The van der Waals surface area contributed by atoms with Gasteiger partial charge in [-0.05, 0) is 24.1 Å². The van der Waals surface area contributed by atoms with Crippen molar-refractivity contribution in [3.8, 4) is 0 Å². The molecule has 3 heteroatoms. The number of rotatable bonds is 5. The first-order chi connectivity index (χ1) is 11.4. The summed E-state index contributed by atoms with van der Waals surface area (Å²) in [5, 5.41) is 9.19. The van der Waals surface area contributed by atoms with E-state index in [2.05, 4.69) is 70.5 Å². The largest absolute Gasteiger partial charge is 0.395 e. The molecule has 0 aromatic heterocycles. The Hall–Kier alpha value is -1.68. The molecular weight excluding hydrogens is 284 g/mol. The summed E-state index contributed by atoms with van der Waals surface area (Å²) in [5.74, 6) is 0. The molecule has 0 bridgehead atoms. The summed E-state index contributed by atoms with van der Waals surface area (Å²) in [6.07, 6.45) is 1.15. The van der Waals surface area contributed by atoms with E-state index in [4.69, 9.17) is 0 Å². The zero-order valence-corrected chi connectivity index (χ0v) is 13.6. The number of benzene rings is 2. The number of hydrogen-bond acceptors (Lipinski definition) is 3. The van der Waals surface area contributed by atoms with Gasteiger partial charge in [0.1, 0.15) is 0 Å². The molecule has 1 N–H and O–H groups in total. The van der Waals surface area contributed by atoms with Gasteiger partial charge < -0.3 is 5.11 Å². The van der Waals surface area contributed by atoms with Crippen LogP contribution in [0.25, 0.3) is 0 Å². The molecule has 1 aliphatic rings. The van der Waals surface area contributed by atoms with Gasteiger partial charge in [-0.25, -0.2) is 0 Å². The predicted molar refractivity (Wildman–Crippen MR) is 94.4 cm³/mol. The highest BCUT2D eigenvalue weighted by Crippen LogP contribution is 2.29. The Kier molecular flexibility index (Phi) is 5.81. The van der Waals surface area contributed by atoms with Crippen LogP contribution in [0.5, 0.6) is 0 Å². The van der Waals surface area contributed by atoms with Gasteiger partial charge >= 0.3 is 0 Å². The summed E-state index contributed by atoms with van der Waals surface area (Å²) >= 11 is 0.